The van der Waals surface area contributed by atoms with Crippen LogP contribution in [0, 0.1) is 0 Å². The molecule has 0 saturated carbocycles. The molecular weight excluding hydrogens is 222 g/mol. The third kappa shape index (κ3) is 2.06. The van der Waals surface area contributed by atoms with Crippen molar-refractivity contribution in [2.75, 3.05) is 0 Å². The van der Waals surface area contributed by atoms with E-state index in [2.05, 4.69) is 23.2 Å². The van der Waals surface area contributed by atoms with E-state index in [1.165, 1.54) is 0 Å². The van der Waals surface area contributed by atoms with Gasteiger partial charge in [0.1, 0.15) is 0 Å². The Bertz CT molecular complexity index is 623. The van der Waals surface area contributed by atoms with Crippen LogP contribution in [0.1, 0.15) is 31.2 Å². The molecule has 0 aliphatic heterocycles. The molecule has 0 amide bonds. The molecule has 18 heavy (non-hydrogen) atoms. The fraction of sp³-hybridized carbons (Fsp3) is 0.250. The minimum atomic E-state index is 0.246. The number of carbonyl (C=O) groups excluding carboxylic acids is 1. The first-order chi connectivity index (χ1) is 8.84. The van der Waals surface area contributed by atoms with Crippen LogP contribution in [0.2, 0.25) is 0 Å². The van der Waals surface area contributed by atoms with Crippen LogP contribution in [0.15, 0.2) is 42.6 Å². The molecule has 0 unspecified atom stereocenters. The highest BCUT2D eigenvalue weighted by molar-refractivity contribution is 6.01. The summed E-state index contributed by atoms with van der Waals surface area (Å²) in [5.74, 6) is 0.246. The SMILES string of the molecule is O=C1C=C(c2cccc3cccnc23)CCCC1. The van der Waals surface area contributed by atoms with Crippen molar-refractivity contribution in [2.45, 2.75) is 25.7 Å². The first-order valence-corrected chi connectivity index (χ1v) is 6.42. The number of benzene rings is 1. The summed E-state index contributed by atoms with van der Waals surface area (Å²) in [5, 5.41) is 1.13. The Morgan fingerprint density at radius 1 is 1.00 bits per heavy atom. The molecule has 0 bridgehead atoms. The molecule has 0 saturated heterocycles. The normalized spacial score (nSPS) is 16.4. The van der Waals surface area contributed by atoms with Crippen LogP contribution in [-0.4, -0.2) is 10.8 Å². The molecule has 1 aliphatic rings. The van der Waals surface area contributed by atoms with Crippen molar-refractivity contribution < 1.29 is 4.79 Å². The summed E-state index contributed by atoms with van der Waals surface area (Å²) in [5.41, 5.74) is 3.26. The summed E-state index contributed by atoms with van der Waals surface area (Å²) in [6.45, 7) is 0. The van der Waals surface area contributed by atoms with E-state index in [9.17, 15) is 4.79 Å². The van der Waals surface area contributed by atoms with Crippen molar-refractivity contribution >= 4 is 22.3 Å². The van der Waals surface area contributed by atoms with Gasteiger partial charge in [0.25, 0.3) is 0 Å². The number of aromatic nitrogens is 1. The van der Waals surface area contributed by atoms with Gasteiger partial charge in [-0.15, -0.1) is 0 Å². The Hall–Kier alpha value is -1.96. The first-order valence-electron chi connectivity index (χ1n) is 6.42. The van der Waals surface area contributed by atoms with Crippen LogP contribution in [0.5, 0.6) is 0 Å². The van der Waals surface area contributed by atoms with Crippen molar-refractivity contribution in [3.05, 3.63) is 48.2 Å². The molecular formula is C16H15NO. The van der Waals surface area contributed by atoms with Gasteiger partial charge in [-0.3, -0.25) is 9.78 Å². The van der Waals surface area contributed by atoms with Gasteiger partial charge >= 0.3 is 0 Å². The van der Waals surface area contributed by atoms with E-state index in [0.29, 0.717) is 6.42 Å². The smallest absolute Gasteiger partial charge is 0.155 e. The minimum Gasteiger partial charge on any atom is -0.295 e. The summed E-state index contributed by atoms with van der Waals surface area (Å²) in [4.78, 5) is 16.2. The van der Waals surface area contributed by atoms with Gasteiger partial charge in [0, 0.05) is 23.6 Å². The number of hydrogen-bond donors (Lipinski definition) is 0. The largest absolute Gasteiger partial charge is 0.295 e. The van der Waals surface area contributed by atoms with Gasteiger partial charge in [-0.1, -0.05) is 24.3 Å². The molecule has 3 rings (SSSR count). The monoisotopic (exact) mass is 237 g/mol. The van der Waals surface area contributed by atoms with E-state index in [1.54, 1.807) is 0 Å². The van der Waals surface area contributed by atoms with Gasteiger partial charge in [0.15, 0.2) is 5.78 Å². The lowest BCUT2D eigenvalue weighted by atomic mass is 9.98. The molecule has 0 spiro atoms. The maximum absolute atomic E-state index is 11.7. The fourth-order valence-electron chi connectivity index (χ4n) is 2.53. The highest BCUT2D eigenvalue weighted by Crippen LogP contribution is 2.29. The summed E-state index contributed by atoms with van der Waals surface area (Å²) < 4.78 is 0. The second-order valence-electron chi connectivity index (χ2n) is 4.72. The van der Waals surface area contributed by atoms with E-state index < -0.39 is 0 Å². The van der Waals surface area contributed by atoms with Crippen molar-refractivity contribution in [1.82, 2.24) is 4.98 Å². The lowest BCUT2D eigenvalue weighted by Crippen LogP contribution is -1.92. The number of carbonyl (C=O) groups is 1. The number of nitrogens with zero attached hydrogens (tertiary/aromatic N) is 1. The zero-order valence-electron chi connectivity index (χ0n) is 10.2. The second kappa shape index (κ2) is 4.73. The molecule has 0 fully saturated rings. The number of pyridine rings is 1. The number of fused-ring (bicyclic) bond motifs is 1. The lowest BCUT2D eigenvalue weighted by Gasteiger charge is -2.08. The average Bonchev–Trinajstić information content (AvgIpc) is 2.63. The zero-order valence-corrected chi connectivity index (χ0v) is 10.2. The molecule has 0 N–H and O–H groups in total. The van der Waals surface area contributed by atoms with Crippen LogP contribution in [-0.2, 0) is 4.79 Å². The lowest BCUT2D eigenvalue weighted by molar-refractivity contribution is -0.114. The molecule has 1 aromatic heterocycles. The molecule has 2 nitrogen and oxygen atoms in total. The zero-order chi connectivity index (χ0) is 12.4. The number of ketones is 1. The van der Waals surface area contributed by atoms with Crippen LogP contribution >= 0.6 is 0 Å². The third-order valence-corrected chi connectivity index (χ3v) is 3.43. The highest BCUT2D eigenvalue weighted by atomic mass is 16.1. The van der Waals surface area contributed by atoms with Crippen LogP contribution in [0.3, 0.4) is 0 Å². The van der Waals surface area contributed by atoms with E-state index >= 15 is 0 Å². The fourth-order valence-corrected chi connectivity index (χ4v) is 2.53. The van der Waals surface area contributed by atoms with Gasteiger partial charge in [0.05, 0.1) is 5.52 Å². The maximum Gasteiger partial charge on any atom is 0.155 e. The van der Waals surface area contributed by atoms with E-state index in [-0.39, 0.29) is 5.78 Å². The highest BCUT2D eigenvalue weighted by Gasteiger charge is 2.12. The predicted octanol–water partition coefficient (Wildman–Crippen LogP) is 3.76. The number of allylic oxidation sites excluding steroid dienone is 2. The van der Waals surface area contributed by atoms with Gasteiger partial charge in [-0.05, 0) is 37.0 Å². The summed E-state index contributed by atoms with van der Waals surface area (Å²) >= 11 is 0. The predicted molar refractivity (Wildman–Crippen MR) is 73.2 cm³/mol. The summed E-state index contributed by atoms with van der Waals surface area (Å²) in [6.07, 6.45) is 7.36. The van der Waals surface area contributed by atoms with Crippen molar-refractivity contribution in [1.29, 1.82) is 0 Å². The van der Waals surface area contributed by atoms with Gasteiger partial charge in [-0.2, -0.15) is 0 Å². The average molecular weight is 237 g/mol. The third-order valence-electron chi connectivity index (χ3n) is 3.43. The van der Waals surface area contributed by atoms with E-state index in [0.717, 1.165) is 41.3 Å². The Morgan fingerprint density at radius 3 is 2.78 bits per heavy atom. The molecule has 2 heteroatoms. The minimum absolute atomic E-state index is 0.246. The van der Waals surface area contributed by atoms with Crippen molar-refractivity contribution in [3.63, 3.8) is 0 Å². The Balaban J connectivity index is 2.16. The van der Waals surface area contributed by atoms with E-state index in [1.807, 2.05) is 24.4 Å². The van der Waals surface area contributed by atoms with Gasteiger partial charge < -0.3 is 0 Å². The van der Waals surface area contributed by atoms with Gasteiger partial charge in [0.2, 0.25) is 0 Å². The van der Waals surface area contributed by atoms with Crippen LogP contribution in [0.25, 0.3) is 16.5 Å². The Labute approximate surface area is 106 Å². The van der Waals surface area contributed by atoms with Crippen molar-refractivity contribution in [2.24, 2.45) is 0 Å². The molecule has 1 aromatic carbocycles. The maximum atomic E-state index is 11.7. The number of para-hydroxylation sites is 1. The van der Waals surface area contributed by atoms with E-state index in [4.69, 9.17) is 0 Å². The van der Waals surface area contributed by atoms with Gasteiger partial charge in [-0.25, -0.2) is 0 Å². The molecule has 0 radical (unpaired) electrons. The molecule has 90 valence electrons. The molecule has 1 heterocycles. The standard InChI is InChI=1S/C16H15NO/c18-14-8-2-1-5-13(11-14)15-9-3-6-12-7-4-10-17-16(12)15/h3-4,6-7,9-11H,1-2,5,8H2. The number of rotatable bonds is 1. The first kappa shape index (κ1) is 11.1. The quantitative estimate of drug-likeness (QED) is 0.755. The summed E-state index contributed by atoms with van der Waals surface area (Å²) in [6, 6.07) is 10.2. The second-order valence-corrected chi connectivity index (χ2v) is 4.72. The summed E-state index contributed by atoms with van der Waals surface area (Å²) in [7, 11) is 0. The topological polar surface area (TPSA) is 30.0 Å². The number of hydrogen-bond acceptors (Lipinski definition) is 2. The van der Waals surface area contributed by atoms with Crippen molar-refractivity contribution in [3.8, 4) is 0 Å². The Kier molecular flexibility index (Phi) is 2.93. The molecule has 1 aliphatic carbocycles. The molecule has 2 aromatic rings. The van der Waals surface area contributed by atoms with Crippen LogP contribution < -0.4 is 0 Å². The molecule has 0 atom stereocenters. The Morgan fingerprint density at radius 2 is 1.83 bits per heavy atom. The van der Waals surface area contributed by atoms with Crippen LogP contribution in [0.4, 0.5) is 0 Å².